The Morgan fingerprint density at radius 1 is 1.56 bits per heavy atom. The standard InChI is InChI=1S/C9H16/c1-5-6(2)9-7(3)8(9)4/h6-7H,5H2,1-4H3. The number of rotatable bonds is 2. The Balaban J connectivity index is 2.47. The molecule has 0 spiro atoms. The summed E-state index contributed by atoms with van der Waals surface area (Å²) in [7, 11) is 0. The van der Waals surface area contributed by atoms with Crippen molar-refractivity contribution in [2.24, 2.45) is 11.8 Å². The van der Waals surface area contributed by atoms with Crippen molar-refractivity contribution in [1.29, 1.82) is 0 Å². The summed E-state index contributed by atoms with van der Waals surface area (Å²) in [6, 6.07) is 0. The SMILES string of the molecule is CCC(C)C1=C(C)C1C. The smallest absolute Gasteiger partial charge is 0.00157 e. The lowest BCUT2D eigenvalue weighted by Gasteiger charge is -2.01. The third-order valence-electron chi connectivity index (χ3n) is 2.63. The van der Waals surface area contributed by atoms with E-state index in [9.17, 15) is 0 Å². The van der Waals surface area contributed by atoms with Crippen LogP contribution >= 0.6 is 0 Å². The van der Waals surface area contributed by atoms with Crippen molar-refractivity contribution in [3.63, 3.8) is 0 Å². The van der Waals surface area contributed by atoms with Crippen LogP contribution in [-0.4, -0.2) is 0 Å². The predicted octanol–water partition coefficient (Wildman–Crippen LogP) is 3.00. The van der Waals surface area contributed by atoms with Crippen LogP contribution in [0, 0.1) is 11.8 Å². The van der Waals surface area contributed by atoms with Gasteiger partial charge >= 0.3 is 0 Å². The monoisotopic (exact) mass is 124 g/mol. The molecule has 0 N–H and O–H groups in total. The first kappa shape index (κ1) is 6.85. The molecule has 0 heteroatoms. The van der Waals surface area contributed by atoms with Crippen molar-refractivity contribution in [2.45, 2.75) is 34.1 Å². The Bertz CT molecular complexity index is 142. The van der Waals surface area contributed by atoms with Gasteiger partial charge in [0.2, 0.25) is 0 Å². The Labute approximate surface area is 58.0 Å². The lowest BCUT2D eigenvalue weighted by atomic mass is 10.0. The van der Waals surface area contributed by atoms with Crippen molar-refractivity contribution in [1.82, 2.24) is 0 Å². The van der Waals surface area contributed by atoms with Crippen LogP contribution in [0.4, 0.5) is 0 Å². The summed E-state index contributed by atoms with van der Waals surface area (Å²) >= 11 is 0. The largest absolute Gasteiger partial charge is 0.0664 e. The highest BCUT2D eigenvalue weighted by molar-refractivity contribution is 5.39. The van der Waals surface area contributed by atoms with E-state index >= 15 is 0 Å². The topological polar surface area (TPSA) is 0 Å². The molecule has 0 aliphatic heterocycles. The molecule has 0 amide bonds. The third-order valence-corrected chi connectivity index (χ3v) is 2.63. The van der Waals surface area contributed by atoms with E-state index in [1.54, 1.807) is 11.1 Å². The van der Waals surface area contributed by atoms with Crippen molar-refractivity contribution in [3.05, 3.63) is 11.1 Å². The zero-order valence-electron chi connectivity index (χ0n) is 6.86. The molecular weight excluding hydrogens is 108 g/mol. The highest BCUT2D eigenvalue weighted by atomic mass is 14.4. The van der Waals surface area contributed by atoms with Crippen LogP contribution in [0.5, 0.6) is 0 Å². The molecule has 0 radical (unpaired) electrons. The highest BCUT2D eigenvalue weighted by Crippen LogP contribution is 2.44. The fraction of sp³-hybridized carbons (Fsp3) is 0.778. The van der Waals surface area contributed by atoms with Crippen molar-refractivity contribution in [2.75, 3.05) is 0 Å². The second kappa shape index (κ2) is 2.17. The molecule has 2 atom stereocenters. The van der Waals surface area contributed by atoms with Crippen LogP contribution in [0.25, 0.3) is 0 Å². The van der Waals surface area contributed by atoms with E-state index in [0.29, 0.717) is 0 Å². The van der Waals surface area contributed by atoms with Crippen molar-refractivity contribution in [3.8, 4) is 0 Å². The summed E-state index contributed by atoms with van der Waals surface area (Å²) in [5.74, 6) is 1.69. The van der Waals surface area contributed by atoms with E-state index in [0.717, 1.165) is 11.8 Å². The second-order valence-corrected chi connectivity index (χ2v) is 3.17. The number of hydrogen-bond donors (Lipinski definition) is 0. The summed E-state index contributed by atoms with van der Waals surface area (Å²) < 4.78 is 0. The zero-order chi connectivity index (χ0) is 7.02. The molecule has 1 aliphatic rings. The van der Waals surface area contributed by atoms with Crippen LogP contribution in [-0.2, 0) is 0 Å². The van der Waals surface area contributed by atoms with Gasteiger partial charge in [-0.15, -0.1) is 0 Å². The third kappa shape index (κ3) is 1.03. The zero-order valence-corrected chi connectivity index (χ0v) is 6.86. The maximum atomic E-state index is 2.32. The normalized spacial score (nSPS) is 28.7. The summed E-state index contributed by atoms with van der Waals surface area (Å²) in [5.41, 5.74) is 3.36. The summed E-state index contributed by atoms with van der Waals surface area (Å²) in [6.07, 6.45) is 1.30. The molecule has 1 aliphatic carbocycles. The fourth-order valence-corrected chi connectivity index (χ4v) is 1.54. The minimum atomic E-state index is 0.847. The first-order chi connectivity index (χ1) is 4.18. The lowest BCUT2D eigenvalue weighted by Crippen LogP contribution is -1.89. The van der Waals surface area contributed by atoms with Gasteiger partial charge < -0.3 is 0 Å². The molecule has 52 valence electrons. The lowest BCUT2D eigenvalue weighted by molar-refractivity contribution is 0.649. The molecule has 0 aromatic heterocycles. The molecule has 0 fully saturated rings. The van der Waals surface area contributed by atoms with Gasteiger partial charge in [-0.05, 0) is 25.2 Å². The van der Waals surface area contributed by atoms with Crippen molar-refractivity contribution >= 4 is 0 Å². The minimum Gasteiger partial charge on any atom is -0.0664 e. The maximum absolute atomic E-state index is 2.32. The van der Waals surface area contributed by atoms with Gasteiger partial charge in [0.1, 0.15) is 0 Å². The summed E-state index contributed by atoms with van der Waals surface area (Å²) in [6.45, 7) is 9.14. The molecule has 0 aromatic rings. The van der Waals surface area contributed by atoms with E-state index in [2.05, 4.69) is 27.7 Å². The molecule has 1 rings (SSSR count). The quantitative estimate of drug-likeness (QED) is 0.496. The van der Waals surface area contributed by atoms with Gasteiger partial charge in [0.05, 0.1) is 0 Å². The Kier molecular flexibility index (Phi) is 1.65. The van der Waals surface area contributed by atoms with E-state index in [-0.39, 0.29) is 0 Å². The molecule has 0 saturated heterocycles. The molecule has 2 unspecified atom stereocenters. The fourth-order valence-electron chi connectivity index (χ4n) is 1.54. The highest BCUT2D eigenvalue weighted by Gasteiger charge is 2.30. The number of hydrogen-bond acceptors (Lipinski definition) is 0. The second-order valence-electron chi connectivity index (χ2n) is 3.17. The van der Waals surface area contributed by atoms with Gasteiger partial charge in [-0.3, -0.25) is 0 Å². The van der Waals surface area contributed by atoms with Gasteiger partial charge in [-0.2, -0.15) is 0 Å². The van der Waals surface area contributed by atoms with Crippen molar-refractivity contribution < 1.29 is 0 Å². The molecule has 9 heavy (non-hydrogen) atoms. The predicted molar refractivity (Wildman–Crippen MR) is 41.3 cm³/mol. The molecular formula is C9H16. The number of allylic oxidation sites excluding steroid dienone is 2. The molecule has 0 bridgehead atoms. The molecule has 0 heterocycles. The molecule has 0 aromatic carbocycles. The molecule has 0 saturated carbocycles. The van der Waals surface area contributed by atoms with E-state index in [1.807, 2.05) is 0 Å². The van der Waals surface area contributed by atoms with Gasteiger partial charge in [-0.25, -0.2) is 0 Å². The van der Waals surface area contributed by atoms with E-state index in [1.165, 1.54) is 6.42 Å². The first-order valence-electron chi connectivity index (χ1n) is 3.89. The average molecular weight is 124 g/mol. The van der Waals surface area contributed by atoms with Crippen LogP contribution in [0.1, 0.15) is 34.1 Å². The Morgan fingerprint density at radius 2 is 2.00 bits per heavy atom. The summed E-state index contributed by atoms with van der Waals surface area (Å²) in [4.78, 5) is 0. The maximum Gasteiger partial charge on any atom is -0.00157 e. The first-order valence-corrected chi connectivity index (χ1v) is 3.89. The van der Waals surface area contributed by atoms with Gasteiger partial charge in [0.15, 0.2) is 0 Å². The van der Waals surface area contributed by atoms with Crippen LogP contribution in [0.3, 0.4) is 0 Å². The van der Waals surface area contributed by atoms with Crippen LogP contribution < -0.4 is 0 Å². The van der Waals surface area contributed by atoms with Crippen LogP contribution in [0.15, 0.2) is 11.1 Å². The average Bonchev–Trinajstić information content (AvgIpc) is 2.40. The minimum absolute atomic E-state index is 0.847. The molecule has 0 nitrogen and oxygen atoms in total. The van der Waals surface area contributed by atoms with E-state index in [4.69, 9.17) is 0 Å². The van der Waals surface area contributed by atoms with Gasteiger partial charge in [0.25, 0.3) is 0 Å². The van der Waals surface area contributed by atoms with Gasteiger partial charge in [0, 0.05) is 0 Å². The van der Waals surface area contributed by atoms with Crippen LogP contribution in [0.2, 0.25) is 0 Å². The summed E-state index contributed by atoms with van der Waals surface area (Å²) in [5, 5.41) is 0. The Hall–Kier alpha value is -0.260. The van der Waals surface area contributed by atoms with E-state index < -0.39 is 0 Å². The van der Waals surface area contributed by atoms with Gasteiger partial charge in [-0.1, -0.05) is 31.9 Å². The Morgan fingerprint density at radius 3 is 2.11 bits per heavy atom.